The van der Waals surface area contributed by atoms with E-state index in [0.717, 1.165) is 6.42 Å². The van der Waals surface area contributed by atoms with Crippen LogP contribution < -0.4 is 0 Å². The molecule has 0 saturated carbocycles. The van der Waals surface area contributed by atoms with Gasteiger partial charge in [0.1, 0.15) is 0 Å². The van der Waals surface area contributed by atoms with Gasteiger partial charge in [0.2, 0.25) is 0 Å². The Morgan fingerprint density at radius 2 is 2.60 bits per heavy atom. The maximum Gasteiger partial charge on any atom is 0.337 e. The van der Waals surface area contributed by atoms with Crippen LogP contribution in [0.2, 0.25) is 0 Å². The summed E-state index contributed by atoms with van der Waals surface area (Å²) in [4.78, 5) is 10.7. The van der Waals surface area contributed by atoms with E-state index in [4.69, 9.17) is 9.84 Å². The fraction of sp³-hybridized carbons (Fsp3) is 0.833. The van der Waals surface area contributed by atoms with Gasteiger partial charge < -0.3 is 14.6 Å². The second kappa shape index (κ2) is 3.53. The lowest BCUT2D eigenvalue weighted by Gasteiger charge is -2.05. The molecule has 0 aliphatic carbocycles. The minimum absolute atomic E-state index is 0.438. The predicted molar refractivity (Wildman–Crippen MR) is 32.2 cm³/mol. The average molecular weight is 146 g/mol. The van der Waals surface area contributed by atoms with Crippen molar-refractivity contribution in [3.8, 4) is 0 Å². The number of aliphatic hydroxyl groups excluding tert-OH is 1. The van der Waals surface area contributed by atoms with Crippen LogP contribution in [0.3, 0.4) is 0 Å². The quantitative estimate of drug-likeness (QED) is 0.427. The summed E-state index contributed by atoms with van der Waals surface area (Å²) in [6, 6.07) is 0. The van der Waals surface area contributed by atoms with Gasteiger partial charge in [0.25, 0.3) is 0 Å². The zero-order valence-corrected chi connectivity index (χ0v) is 5.58. The molecule has 10 heavy (non-hydrogen) atoms. The Bertz CT molecular complexity index is 117. The van der Waals surface area contributed by atoms with Crippen LogP contribution in [-0.2, 0) is 14.3 Å². The molecular weight excluding hydrogens is 136 g/mol. The number of hydrogen-bond acceptors (Lipinski definition) is 4. The Balaban J connectivity index is 2.25. The summed E-state index contributed by atoms with van der Waals surface area (Å²) < 4.78 is 9.30. The first-order valence-corrected chi connectivity index (χ1v) is 3.23. The SMILES string of the molecule is O=C(OCO)C1CCCO1. The number of aliphatic hydroxyl groups is 1. The minimum atomic E-state index is -0.557. The molecule has 0 aromatic heterocycles. The highest BCUT2D eigenvalue weighted by molar-refractivity contribution is 5.74. The minimum Gasteiger partial charge on any atom is -0.437 e. The molecule has 4 nitrogen and oxygen atoms in total. The lowest BCUT2D eigenvalue weighted by atomic mass is 10.2. The second-order valence-corrected chi connectivity index (χ2v) is 2.09. The molecular formula is C6H10O4. The Morgan fingerprint density at radius 1 is 1.80 bits per heavy atom. The van der Waals surface area contributed by atoms with Crippen LogP contribution in [0.1, 0.15) is 12.8 Å². The fourth-order valence-electron chi connectivity index (χ4n) is 0.920. The third kappa shape index (κ3) is 1.68. The van der Waals surface area contributed by atoms with Gasteiger partial charge in [0, 0.05) is 6.61 Å². The van der Waals surface area contributed by atoms with E-state index >= 15 is 0 Å². The van der Waals surface area contributed by atoms with E-state index in [9.17, 15) is 4.79 Å². The van der Waals surface area contributed by atoms with Crippen LogP contribution >= 0.6 is 0 Å². The van der Waals surface area contributed by atoms with E-state index in [2.05, 4.69) is 4.74 Å². The van der Waals surface area contributed by atoms with Gasteiger partial charge in [0.05, 0.1) is 0 Å². The first-order valence-electron chi connectivity index (χ1n) is 3.23. The highest BCUT2D eigenvalue weighted by Gasteiger charge is 2.24. The summed E-state index contributed by atoms with van der Waals surface area (Å²) in [5.74, 6) is -0.458. The Kier molecular flexibility index (Phi) is 2.65. The van der Waals surface area contributed by atoms with Gasteiger partial charge >= 0.3 is 5.97 Å². The predicted octanol–water partition coefficient (Wildman–Crippen LogP) is -0.342. The lowest BCUT2D eigenvalue weighted by molar-refractivity contribution is -0.162. The summed E-state index contributed by atoms with van der Waals surface area (Å²) in [5.41, 5.74) is 0. The molecule has 1 aliphatic heterocycles. The standard InChI is InChI=1S/C6H10O4/c7-4-10-6(8)5-2-1-3-9-5/h5,7H,1-4H2. The molecule has 1 rings (SSSR count). The normalized spacial score (nSPS) is 24.7. The summed E-state index contributed by atoms with van der Waals surface area (Å²) in [7, 11) is 0. The molecule has 1 atom stereocenters. The molecule has 0 aromatic rings. The van der Waals surface area contributed by atoms with Crippen LogP contribution in [0, 0.1) is 0 Å². The monoisotopic (exact) mass is 146 g/mol. The van der Waals surface area contributed by atoms with Gasteiger partial charge in [-0.2, -0.15) is 0 Å². The first kappa shape index (κ1) is 7.50. The van der Waals surface area contributed by atoms with Crippen molar-refractivity contribution >= 4 is 5.97 Å². The number of rotatable bonds is 2. The van der Waals surface area contributed by atoms with Crippen LogP contribution in [-0.4, -0.2) is 30.6 Å². The van der Waals surface area contributed by atoms with Crippen LogP contribution in [0.25, 0.3) is 0 Å². The van der Waals surface area contributed by atoms with E-state index in [1.54, 1.807) is 0 Å². The third-order valence-electron chi connectivity index (χ3n) is 1.40. The molecule has 1 aliphatic rings. The van der Waals surface area contributed by atoms with Crippen molar-refractivity contribution in [2.75, 3.05) is 13.4 Å². The molecule has 58 valence electrons. The average Bonchev–Trinajstić information content (AvgIpc) is 2.38. The number of carbonyl (C=O) groups is 1. The van der Waals surface area contributed by atoms with Crippen molar-refractivity contribution in [3.63, 3.8) is 0 Å². The van der Waals surface area contributed by atoms with E-state index in [1.807, 2.05) is 0 Å². The van der Waals surface area contributed by atoms with Crippen molar-refractivity contribution < 1.29 is 19.4 Å². The molecule has 0 amide bonds. The summed E-state index contributed by atoms with van der Waals surface area (Å²) >= 11 is 0. The van der Waals surface area contributed by atoms with Crippen molar-refractivity contribution in [2.45, 2.75) is 18.9 Å². The van der Waals surface area contributed by atoms with E-state index < -0.39 is 18.9 Å². The van der Waals surface area contributed by atoms with Gasteiger partial charge in [-0.25, -0.2) is 4.79 Å². The fourth-order valence-corrected chi connectivity index (χ4v) is 0.920. The maximum atomic E-state index is 10.7. The first-order chi connectivity index (χ1) is 4.84. The Hall–Kier alpha value is -0.610. The molecule has 1 fully saturated rings. The molecule has 0 aromatic carbocycles. The topological polar surface area (TPSA) is 55.8 Å². The summed E-state index contributed by atoms with van der Waals surface area (Å²) in [6.07, 6.45) is 1.16. The summed E-state index contributed by atoms with van der Waals surface area (Å²) in [5, 5.41) is 8.20. The highest BCUT2D eigenvalue weighted by atomic mass is 16.6. The van der Waals surface area contributed by atoms with Gasteiger partial charge in [-0.1, -0.05) is 0 Å². The van der Waals surface area contributed by atoms with Crippen molar-refractivity contribution in [1.82, 2.24) is 0 Å². The van der Waals surface area contributed by atoms with Gasteiger partial charge in [-0.05, 0) is 12.8 Å². The highest BCUT2D eigenvalue weighted by Crippen LogP contribution is 2.12. The van der Waals surface area contributed by atoms with Crippen molar-refractivity contribution in [1.29, 1.82) is 0 Å². The number of ether oxygens (including phenoxy) is 2. The zero-order chi connectivity index (χ0) is 7.40. The number of hydrogen-bond donors (Lipinski definition) is 1. The number of carbonyl (C=O) groups excluding carboxylic acids is 1. The molecule has 4 heteroatoms. The van der Waals surface area contributed by atoms with Crippen molar-refractivity contribution in [2.24, 2.45) is 0 Å². The molecule has 0 radical (unpaired) electrons. The molecule has 0 spiro atoms. The van der Waals surface area contributed by atoms with Gasteiger partial charge in [-0.15, -0.1) is 0 Å². The second-order valence-electron chi connectivity index (χ2n) is 2.09. The maximum absolute atomic E-state index is 10.7. The van der Waals surface area contributed by atoms with Gasteiger partial charge in [-0.3, -0.25) is 0 Å². The van der Waals surface area contributed by atoms with Crippen molar-refractivity contribution in [3.05, 3.63) is 0 Å². The molecule has 1 saturated heterocycles. The lowest BCUT2D eigenvalue weighted by Crippen LogP contribution is -2.22. The third-order valence-corrected chi connectivity index (χ3v) is 1.40. The van der Waals surface area contributed by atoms with Crippen LogP contribution in [0.5, 0.6) is 0 Å². The summed E-state index contributed by atoms with van der Waals surface area (Å²) in [6.45, 7) is 0.0594. The van der Waals surface area contributed by atoms with Crippen LogP contribution in [0.4, 0.5) is 0 Å². The largest absolute Gasteiger partial charge is 0.437 e. The van der Waals surface area contributed by atoms with E-state index in [-0.39, 0.29) is 0 Å². The Labute approximate surface area is 58.7 Å². The van der Waals surface area contributed by atoms with E-state index in [1.165, 1.54) is 0 Å². The molecule has 1 heterocycles. The van der Waals surface area contributed by atoms with Gasteiger partial charge in [0.15, 0.2) is 12.9 Å². The Morgan fingerprint density at radius 3 is 3.10 bits per heavy atom. The smallest absolute Gasteiger partial charge is 0.337 e. The number of esters is 1. The van der Waals surface area contributed by atoms with Crippen LogP contribution in [0.15, 0.2) is 0 Å². The molecule has 0 bridgehead atoms. The molecule has 1 unspecified atom stereocenters. The molecule has 1 N–H and O–H groups in total. The zero-order valence-electron chi connectivity index (χ0n) is 5.58. The van der Waals surface area contributed by atoms with E-state index in [0.29, 0.717) is 13.0 Å².